The number of hydrogen-bond donors (Lipinski definition) is 2. The number of phenolic OH excluding ortho intramolecular Hbond substituents is 1. The first-order valence-electron chi connectivity index (χ1n) is 11.1. The lowest BCUT2D eigenvalue weighted by Gasteiger charge is -2.46. The lowest BCUT2D eigenvalue weighted by molar-refractivity contribution is 0.107. The van der Waals surface area contributed by atoms with Gasteiger partial charge in [-0.15, -0.1) is 10.2 Å². The van der Waals surface area contributed by atoms with Crippen LogP contribution in [0.5, 0.6) is 5.75 Å². The number of hydrogen-bond acceptors (Lipinski definition) is 7. The minimum Gasteiger partial charge on any atom is -0.507 e. The van der Waals surface area contributed by atoms with E-state index in [0.717, 1.165) is 36.9 Å². The first-order chi connectivity index (χ1) is 15.5. The van der Waals surface area contributed by atoms with Crippen LogP contribution in [0.4, 0.5) is 10.2 Å². The van der Waals surface area contributed by atoms with Crippen LogP contribution in [0.3, 0.4) is 0 Å². The number of nitrogens with zero attached hydrogens (tertiary/aromatic N) is 5. The summed E-state index contributed by atoms with van der Waals surface area (Å²) in [5.74, 6) is 0.725. The fraction of sp³-hybridized carbons (Fsp3) is 0.417. The molecule has 8 heteroatoms. The third kappa shape index (κ3) is 3.90. The molecule has 0 radical (unpaired) electrons. The molecule has 0 aliphatic carbocycles. The summed E-state index contributed by atoms with van der Waals surface area (Å²) in [4.78, 5) is 10.5. The van der Waals surface area contributed by atoms with Gasteiger partial charge >= 0.3 is 0 Å². The fourth-order valence-electron chi connectivity index (χ4n) is 4.83. The number of aromatic hydroxyl groups is 1. The van der Waals surface area contributed by atoms with E-state index in [9.17, 15) is 5.11 Å². The van der Waals surface area contributed by atoms with Gasteiger partial charge in [-0.1, -0.05) is 12.5 Å². The second kappa shape index (κ2) is 8.43. The Kier molecular flexibility index (Phi) is 5.46. The van der Waals surface area contributed by atoms with Gasteiger partial charge in [-0.3, -0.25) is 9.97 Å². The molecule has 2 bridgehead atoms. The maximum absolute atomic E-state index is 15.1. The van der Waals surface area contributed by atoms with Crippen molar-refractivity contribution in [1.82, 2.24) is 25.5 Å². The molecule has 32 heavy (non-hydrogen) atoms. The van der Waals surface area contributed by atoms with E-state index in [4.69, 9.17) is 0 Å². The van der Waals surface area contributed by atoms with E-state index in [2.05, 4.69) is 25.5 Å². The Labute approximate surface area is 186 Å². The molecule has 2 unspecified atom stereocenters. The molecule has 2 aliphatic rings. The van der Waals surface area contributed by atoms with Crippen LogP contribution in [0.1, 0.15) is 31.4 Å². The van der Waals surface area contributed by atoms with E-state index in [-0.39, 0.29) is 17.8 Å². The Bertz CT molecular complexity index is 1090. The minimum atomic E-state index is -0.931. The molecule has 166 valence electrons. The Morgan fingerprint density at radius 2 is 1.94 bits per heavy atom. The molecular formula is C24H27FN6O. The van der Waals surface area contributed by atoms with Crippen LogP contribution in [0.15, 0.2) is 42.7 Å². The Morgan fingerprint density at radius 1 is 1.06 bits per heavy atom. The molecule has 7 nitrogen and oxygen atoms in total. The van der Waals surface area contributed by atoms with Crippen LogP contribution in [-0.4, -0.2) is 56.6 Å². The molecule has 3 aromatic rings. The van der Waals surface area contributed by atoms with Crippen LogP contribution >= 0.6 is 0 Å². The number of halogens is 1. The quantitative estimate of drug-likeness (QED) is 0.648. The van der Waals surface area contributed by atoms with Gasteiger partial charge in [0.1, 0.15) is 11.9 Å². The first-order valence-corrected chi connectivity index (χ1v) is 11.1. The molecule has 0 spiro atoms. The molecule has 1 aromatic carbocycles. The second-order valence-corrected chi connectivity index (χ2v) is 8.81. The highest BCUT2D eigenvalue weighted by Crippen LogP contribution is 2.34. The zero-order valence-corrected chi connectivity index (χ0v) is 18.2. The Morgan fingerprint density at radius 3 is 2.66 bits per heavy atom. The molecule has 2 aliphatic heterocycles. The summed E-state index contributed by atoms with van der Waals surface area (Å²) >= 11 is 0. The summed E-state index contributed by atoms with van der Waals surface area (Å²) in [5, 5.41) is 22.7. The molecule has 4 heterocycles. The number of phenols is 1. The molecule has 4 atom stereocenters. The smallest absolute Gasteiger partial charge is 0.151 e. The predicted octanol–water partition coefficient (Wildman–Crippen LogP) is 3.67. The fourth-order valence-corrected chi connectivity index (χ4v) is 4.83. The number of rotatable bonds is 4. The van der Waals surface area contributed by atoms with Crippen LogP contribution in [-0.2, 0) is 0 Å². The summed E-state index contributed by atoms with van der Waals surface area (Å²) in [6.45, 7) is 1.88. The highest BCUT2D eigenvalue weighted by atomic mass is 19.1. The summed E-state index contributed by atoms with van der Waals surface area (Å²) in [7, 11) is 1.89. The number of benzene rings is 1. The van der Waals surface area contributed by atoms with Gasteiger partial charge in [-0.05, 0) is 50.5 Å². The number of aryl methyl sites for hydroxylation is 1. The molecular weight excluding hydrogens is 407 g/mol. The van der Waals surface area contributed by atoms with Crippen molar-refractivity contribution in [3.05, 3.63) is 48.4 Å². The lowest BCUT2D eigenvalue weighted by Crippen LogP contribution is -2.61. The topological polar surface area (TPSA) is 87.1 Å². The van der Waals surface area contributed by atoms with Gasteiger partial charge in [0.15, 0.2) is 5.82 Å². The van der Waals surface area contributed by atoms with Crippen molar-refractivity contribution in [2.75, 3.05) is 11.9 Å². The summed E-state index contributed by atoms with van der Waals surface area (Å²) in [6, 6.07) is 9.06. The van der Waals surface area contributed by atoms with E-state index in [1.807, 2.05) is 37.1 Å². The van der Waals surface area contributed by atoms with E-state index in [1.54, 1.807) is 24.5 Å². The van der Waals surface area contributed by atoms with Gasteiger partial charge in [0.05, 0.1) is 29.3 Å². The second-order valence-electron chi connectivity index (χ2n) is 8.81. The minimum absolute atomic E-state index is 0.0733. The van der Waals surface area contributed by atoms with Crippen LogP contribution in [0.2, 0.25) is 0 Å². The largest absolute Gasteiger partial charge is 0.507 e. The third-order valence-electron chi connectivity index (χ3n) is 6.66. The van der Waals surface area contributed by atoms with Crippen molar-refractivity contribution in [3.8, 4) is 28.3 Å². The lowest BCUT2D eigenvalue weighted by atomic mass is 9.82. The van der Waals surface area contributed by atoms with Gasteiger partial charge in [-0.2, -0.15) is 0 Å². The normalized spacial score (nSPS) is 24.8. The molecule has 2 fully saturated rings. The van der Waals surface area contributed by atoms with Gasteiger partial charge in [0.25, 0.3) is 0 Å². The van der Waals surface area contributed by atoms with E-state index in [1.165, 1.54) is 0 Å². The maximum Gasteiger partial charge on any atom is 0.151 e. The van der Waals surface area contributed by atoms with E-state index in [0.29, 0.717) is 28.8 Å². The molecule has 0 saturated carbocycles. The van der Waals surface area contributed by atoms with Crippen molar-refractivity contribution in [2.24, 2.45) is 0 Å². The van der Waals surface area contributed by atoms with E-state index >= 15 is 4.39 Å². The van der Waals surface area contributed by atoms with Crippen LogP contribution < -0.4 is 10.2 Å². The average molecular weight is 435 g/mol. The summed E-state index contributed by atoms with van der Waals surface area (Å²) in [6.07, 6.45) is 6.28. The van der Waals surface area contributed by atoms with Crippen LogP contribution in [0.25, 0.3) is 22.5 Å². The molecule has 2 aromatic heterocycles. The summed E-state index contributed by atoms with van der Waals surface area (Å²) < 4.78 is 15.1. The molecule has 2 N–H and O–H groups in total. The molecule has 5 rings (SSSR count). The monoisotopic (exact) mass is 434 g/mol. The maximum atomic E-state index is 15.1. The van der Waals surface area contributed by atoms with Gasteiger partial charge in [0, 0.05) is 36.5 Å². The van der Waals surface area contributed by atoms with Gasteiger partial charge < -0.3 is 15.3 Å². The van der Waals surface area contributed by atoms with E-state index < -0.39 is 6.17 Å². The highest BCUT2D eigenvalue weighted by molar-refractivity contribution is 5.72. The van der Waals surface area contributed by atoms with Crippen molar-refractivity contribution < 1.29 is 9.50 Å². The van der Waals surface area contributed by atoms with Crippen molar-refractivity contribution in [2.45, 2.75) is 56.9 Å². The Balaban J connectivity index is 1.35. The zero-order chi connectivity index (χ0) is 22.2. The van der Waals surface area contributed by atoms with Crippen molar-refractivity contribution in [1.29, 1.82) is 0 Å². The molecule has 0 amide bonds. The Hall–Kier alpha value is -3.13. The first kappa shape index (κ1) is 20.8. The predicted molar refractivity (Wildman–Crippen MR) is 121 cm³/mol. The number of nitrogens with one attached hydrogen (secondary N) is 1. The number of aromatic nitrogens is 4. The SMILES string of the molecule is Cc1cnc(-c2ccc(-c3ccc(N(C)[C@H]4CC5CCCC(N5)[C@H]4F)nn3)c(O)c2)cn1. The number of piperidine rings is 2. The highest BCUT2D eigenvalue weighted by Gasteiger charge is 2.41. The standard InChI is InChI=1S/C24H27FN6O/c1-14-12-27-20(13-26-14)15-6-7-17(22(32)10-15)18-8-9-23(30-29-18)31(2)21-11-16-4-3-5-19(28-16)24(21)25/h6-10,12-13,16,19,21,24,28,32H,3-5,11H2,1-2H3/t16?,19?,21-,24+/m0/s1. The van der Waals surface area contributed by atoms with Crippen molar-refractivity contribution in [3.63, 3.8) is 0 Å². The van der Waals surface area contributed by atoms with Gasteiger partial charge in [-0.25, -0.2) is 4.39 Å². The molecule has 2 saturated heterocycles. The number of anilines is 1. The summed E-state index contributed by atoms with van der Waals surface area (Å²) in [5.41, 5.74) is 3.43. The number of alkyl halides is 1. The average Bonchev–Trinajstić information content (AvgIpc) is 2.82. The zero-order valence-electron chi connectivity index (χ0n) is 18.2. The van der Waals surface area contributed by atoms with Crippen molar-refractivity contribution >= 4 is 5.82 Å². The van der Waals surface area contributed by atoms with Crippen LogP contribution in [0, 0.1) is 6.92 Å². The van der Waals surface area contributed by atoms with Gasteiger partial charge in [0.2, 0.25) is 0 Å². The number of fused-ring (bicyclic) bond motifs is 2. The third-order valence-corrected chi connectivity index (χ3v) is 6.66.